The van der Waals surface area contributed by atoms with Gasteiger partial charge in [0.25, 0.3) is 0 Å². The fraction of sp³-hybridized carbons (Fsp3) is 0.133. The lowest BCUT2D eigenvalue weighted by Crippen LogP contribution is -2.02. The summed E-state index contributed by atoms with van der Waals surface area (Å²) in [5.74, 6) is -0.520. The number of hydrogen-bond acceptors (Lipinski definition) is 3. The zero-order chi connectivity index (χ0) is 14.7. The lowest BCUT2D eigenvalue weighted by atomic mass is 10.1. The van der Waals surface area contributed by atoms with Crippen molar-refractivity contribution in [2.75, 3.05) is 5.73 Å². The number of carboxylic acid groups (broad SMARTS) is 1. The normalized spacial score (nSPS) is 10.3. The third-order valence-electron chi connectivity index (χ3n) is 2.85. The maximum atomic E-state index is 11.2. The SMILES string of the molecule is CCc1ccc(Oc2c(Cl)cc(N)cc2C(=O)O)cc1. The number of hydrogen-bond donors (Lipinski definition) is 2. The van der Waals surface area contributed by atoms with Crippen molar-refractivity contribution < 1.29 is 14.6 Å². The molecule has 2 aromatic carbocycles. The monoisotopic (exact) mass is 291 g/mol. The van der Waals surface area contributed by atoms with E-state index in [2.05, 4.69) is 6.92 Å². The van der Waals surface area contributed by atoms with Gasteiger partial charge >= 0.3 is 5.97 Å². The van der Waals surface area contributed by atoms with Crippen LogP contribution in [0.15, 0.2) is 36.4 Å². The number of rotatable bonds is 4. The van der Waals surface area contributed by atoms with Gasteiger partial charge in [0.15, 0.2) is 5.75 Å². The van der Waals surface area contributed by atoms with E-state index in [0.717, 1.165) is 6.42 Å². The predicted octanol–water partition coefficient (Wildman–Crippen LogP) is 3.98. The van der Waals surface area contributed by atoms with E-state index in [1.807, 2.05) is 12.1 Å². The van der Waals surface area contributed by atoms with E-state index in [1.165, 1.54) is 17.7 Å². The molecule has 4 nitrogen and oxygen atoms in total. The Morgan fingerprint density at radius 1 is 1.30 bits per heavy atom. The Bertz CT molecular complexity index is 638. The zero-order valence-electron chi connectivity index (χ0n) is 10.9. The van der Waals surface area contributed by atoms with E-state index < -0.39 is 5.97 Å². The van der Waals surface area contributed by atoms with Gasteiger partial charge in [-0.1, -0.05) is 30.7 Å². The molecule has 0 aromatic heterocycles. The van der Waals surface area contributed by atoms with Gasteiger partial charge in [-0.25, -0.2) is 4.79 Å². The van der Waals surface area contributed by atoms with E-state index in [4.69, 9.17) is 22.1 Å². The topological polar surface area (TPSA) is 72.5 Å². The lowest BCUT2D eigenvalue weighted by molar-refractivity contribution is 0.0694. The van der Waals surface area contributed by atoms with E-state index in [0.29, 0.717) is 5.75 Å². The van der Waals surface area contributed by atoms with Gasteiger partial charge in [-0.2, -0.15) is 0 Å². The first-order valence-electron chi connectivity index (χ1n) is 6.10. The zero-order valence-corrected chi connectivity index (χ0v) is 11.6. The number of nitrogen functional groups attached to an aromatic ring is 1. The summed E-state index contributed by atoms with van der Waals surface area (Å²) in [4.78, 5) is 11.2. The van der Waals surface area contributed by atoms with Gasteiger partial charge in [-0.05, 0) is 36.2 Å². The second-order valence-corrected chi connectivity index (χ2v) is 4.69. The maximum absolute atomic E-state index is 11.2. The Hall–Kier alpha value is -2.20. The number of anilines is 1. The Labute approximate surface area is 121 Å². The van der Waals surface area contributed by atoms with Gasteiger partial charge in [0, 0.05) is 5.69 Å². The number of nitrogens with two attached hydrogens (primary N) is 1. The van der Waals surface area contributed by atoms with E-state index in [1.54, 1.807) is 12.1 Å². The van der Waals surface area contributed by atoms with Crippen LogP contribution in [0.25, 0.3) is 0 Å². The molecule has 104 valence electrons. The fourth-order valence-electron chi connectivity index (χ4n) is 1.79. The molecule has 0 fully saturated rings. The molecule has 0 unspecified atom stereocenters. The summed E-state index contributed by atoms with van der Waals surface area (Å²) < 4.78 is 5.59. The Morgan fingerprint density at radius 2 is 1.95 bits per heavy atom. The molecule has 2 aromatic rings. The van der Waals surface area contributed by atoms with Crippen LogP contribution in [-0.2, 0) is 6.42 Å². The van der Waals surface area contributed by atoms with Gasteiger partial charge in [-0.3, -0.25) is 0 Å². The third-order valence-corrected chi connectivity index (χ3v) is 3.13. The van der Waals surface area contributed by atoms with E-state index >= 15 is 0 Å². The van der Waals surface area contributed by atoms with Crippen LogP contribution in [0, 0.1) is 0 Å². The molecule has 0 heterocycles. The number of carbonyl (C=O) groups is 1. The van der Waals surface area contributed by atoms with Gasteiger partial charge < -0.3 is 15.6 Å². The van der Waals surface area contributed by atoms with Gasteiger partial charge in [-0.15, -0.1) is 0 Å². The molecule has 3 N–H and O–H groups in total. The molecule has 0 aliphatic heterocycles. The second-order valence-electron chi connectivity index (χ2n) is 4.28. The summed E-state index contributed by atoms with van der Waals surface area (Å²) in [6, 6.07) is 10.2. The highest BCUT2D eigenvalue weighted by molar-refractivity contribution is 6.33. The number of ether oxygens (including phenoxy) is 1. The summed E-state index contributed by atoms with van der Waals surface area (Å²) in [6.45, 7) is 2.05. The summed E-state index contributed by atoms with van der Waals surface area (Å²) in [5, 5.41) is 9.35. The summed E-state index contributed by atoms with van der Waals surface area (Å²) >= 11 is 6.02. The number of benzene rings is 2. The first kappa shape index (κ1) is 14.2. The minimum atomic E-state index is -1.14. The molecule has 0 atom stereocenters. The van der Waals surface area contributed by atoms with E-state index in [9.17, 15) is 9.90 Å². The van der Waals surface area contributed by atoms with Crippen LogP contribution in [0.1, 0.15) is 22.8 Å². The predicted molar refractivity (Wildman–Crippen MR) is 78.7 cm³/mol. The Kier molecular flexibility index (Phi) is 4.15. The number of aryl methyl sites for hydroxylation is 1. The van der Waals surface area contributed by atoms with Crippen LogP contribution in [-0.4, -0.2) is 11.1 Å². The smallest absolute Gasteiger partial charge is 0.339 e. The Balaban J connectivity index is 2.39. The standard InChI is InChI=1S/C15H14ClNO3/c1-2-9-3-5-11(6-4-9)20-14-12(15(18)19)7-10(17)8-13(14)16/h3-8H,2,17H2,1H3,(H,18,19). The van der Waals surface area contributed by atoms with Crippen molar-refractivity contribution in [3.05, 3.63) is 52.5 Å². The number of carboxylic acids is 1. The van der Waals surface area contributed by atoms with Crippen molar-refractivity contribution in [2.45, 2.75) is 13.3 Å². The second kappa shape index (κ2) is 5.84. The van der Waals surface area contributed by atoms with Crippen molar-refractivity contribution >= 4 is 23.3 Å². The van der Waals surface area contributed by atoms with Crippen molar-refractivity contribution in [1.82, 2.24) is 0 Å². The molecule has 0 saturated heterocycles. The minimum Gasteiger partial charge on any atom is -0.478 e. The van der Waals surface area contributed by atoms with Crippen LogP contribution in [0.4, 0.5) is 5.69 Å². The largest absolute Gasteiger partial charge is 0.478 e. The van der Waals surface area contributed by atoms with Crippen LogP contribution < -0.4 is 10.5 Å². The van der Waals surface area contributed by atoms with Crippen LogP contribution in [0.2, 0.25) is 5.02 Å². The average Bonchev–Trinajstić information content (AvgIpc) is 2.42. The maximum Gasteiger partial charge on any atom is 0.339 e. The number of halogens is 1. The molecular formula is C15H14ClNO3. The molecule has 0 spiro atoms. The first-order chi connectivity index (χ1) is 9.51. The Morgan fingerprint density at radius 3 is 2.50 bits per heavy atom. The van der Waals surface area contributed by atoms with Crippen LogP contribution in [0.5, 0.6) is 11.5 Å². The van der Waals surface area contributed by atoms with Crippen molar-refractivity contribution in [1.29, 1.82) is 0 Å². The molecule has 0 amide bonds. The summed E-state index contributed by atoms with van der Waals surface area (Å²) in [5.41, 5.74) is 6.98. The molecule has 2 rings (SSSR count). The summed E-state index contributed by atoms with van der Waals surface area (Å²) in [6.07, 6.45) is 0.920. The number of aromatic carboxylic acids is 1. The van der Waals surface area contributed by atoms with Gasteiger partial charge in [0.1, 0.15) is 11.3 Å². The fourth-order valence-corrected chi connectivity index (χ4v) is 2.05. The lowest BCUT2D eigenvalue weighted by Gasteiger charge is -2.12. The van der Waals surface area contributed by atoms with Crippen LogP contribution in [0.3, 0.4) is 0 Å². The quantitative estimate of drug-likeness (QED) is 0.836. The molecule has 0 aliphatic carbocycles. The molecule has 5 heteroatoms. The molecule has 20 heavy (non-hydrogen) atoms. The first-order valence-corrected chi connectivity index (χ1v) is 6.48. The molecule has 0 radical (unpaired) electrons. The molecule has 0 aliphatic rings. The third kappa shape index (κ3) is 3.03. The minimum absolute atomic E-state index is 0.0606. The molecular weight excluding hydrogens is 278 g/mol. The highest BCUT2D eigenvalue weighted by Crippen LogP contribution is 2.35. The van der Waals surface area contributed by atoms with Crippen molar-refractivity contribution in [3.8, 4) is 11.5 Å². The van der Waals surface area contributed by atoms with Crippen LogP contribution >= 0.6 is 11.6 Å². The highest BCUT2D eigenvalue weighted by atomic mass is 35.5. The summed E-state index contributed by atoms with van der Waals surface area (Å²) in [7, 11) is 0. The average molecular weight is 292 g/mol. The highest BCUT2D eigenvalue weighted by Gasteiger charge is 2.17. The van der Waals surface area contributed by atoms with Gasteiger partial charge in [0.05, 0.1) is 5.02 Å². The van der Waals surface area contributed by atoms with Crippen molar-refractivity contribution in [2.24, 2.45) is 0 Å². The van der Waals surface area contributed by atoms with Gasteiger partial charge in [0.2, 0.25) is 0 Å². The van der Waals surface area contributed by atoms with Crippen molar-refractivity contribution in [3.63, 3.8) is 0 Å². The molecule has 0 bridgehead atoms. The molecule has 0 saturated carbocycles. The van der Waals surface area contributed by atoms with E-state index in [-0.39, 0.29) is 22.0 Å².